The van der Waals surface area contributed by atoms with Crippen molar-refractivity contribution in [3.05, 3.63) is 29.4 Å². The van der Waals surface area contributed by atoms with Crippen LogP contribution < -0.4 is 9.64 Å². The molecule has 0 aromatic carbocycles. The molecule has 30 heavy (non-hydrogen) atoms. The molecule has 0 spiro atoms. The van der Waals surface area contributed by atoms with Crippen LogP contribution in [0.15, 0.2) is 24.4 Å². The van der Waals surface area contributed by atoms with Crippen LogP contribution >= 0.6 is 11.6 Å². The third-order valence-electron chi connectivity index (χ3n) is 6.04. The maximum absolute atomic E-state index is 6.53. The maximum atomic E-state index is 6.53. The highest BCUT2D eigenvalue weighted by Crippen LogP contribution is 2.32. The number of hydrogen-bond acceptors (Lipinski definition) is 7. The number of aromatic nitrogens is 4. The lowest BCUT2D eigenvalue weighted by Crippen LogP contribution is -2.32. The Morgan fingerprint density at radius 3 is 2.90 bits per heavy atom. The van der Waals surface area contributed by atoms with Crippen molar-refractivity contribution in [1.29, 1.82) is 0 Å². The maximum Gasteiger partial charge on any atom is 0.296 e. The molecule has 0 bridgehead atoms. The van der Waals surface area contributed by atoms with Crippen LogP contribution in [-0.4, -0.2) is 64.6 Å². The standard InChI is InChI=1S/C21H22ClN5O3/c22-13-9-14-20(26-21(24-14)30-16-11-29-15-5-8-28-19(15)16)25-18(13)12-3-4-17(23-10-12)27-6-1-2-7-27/h3-4,9-10,15-16,19H,1-2,5-8,11H2,(H,24,25,26). The molecule has 3 aliphatic heterocycles. The van der Waals surface area contributed by atoms with E-state index in [0.29, 0.717) is 35.6 Å². The van der Waals surface area contributed by atoms with Crippen LogP contribution in [0.4, 0.5) is 5.82 Å². The van der Waals surface area contributed by atoms with Crippen molar-refractivity contribution in [2.24, 2.45) is 0 Å². The van der Waals surface area contributed by atoms with Gasteiger partial charge in [-0.15, -0.1) is 0 Å². The number of pyridine rings is 2. The molecule has 0 amide bonds. The summed E-state index contributed by atoms with van der Waals surface area (Å²) in [6.07, 6.45) is 5.09. The van der Waals surface area contributed by atoms with Gasteiger partial charge in [-0.1, -0.05) is 11.6 Å². The Morgan fingerprint density at radius 2 is 2.07 bits per heavy atom. The Hall–Kier alpha value is -2.42. The van der Waals surface area contributed by atoms with Crippen molar-refractivity contribution >= 4 is 28.6 Å². The Bertz CT molecular complexity index is 1070. The Morgan fingerprint density at radius 1 is 1.17 bits per heavy atom. The molecule has 0 saturated carbocycles. The summed E-state index contributed by atoms with van der Waals surface area (Å²) >= 11 is 6.53. The molecule has 0 aliphatic carbocycles. The van der Waals surface area contributed by atoms with Gasteiger partial charge in [-0.3, -0.25) is 0 Å². The van der Waals surface area contributed by atoms with Crippen LogP contribution in [0, 0.1) is 0 Å². The SMILES string of the molecule is Clc1cc2[nH]c(OC3COC4CCOC43)nc2nc1-c1ccc(N2CCCC2)nc1. The van der Waals surface area contributed by atoms with E-state index in [1.54, 1.807) is 0 Å². The molecule has 3 aromatic rings. The van der Waals surface area contributed by atoms with Gasteiger partial charge in [-0.25, -0.2) is 9.97 Å². The largest absolute Gasteiger partial charge is 0.456 e. The quantitative estimate of drug-likeness (QED) is 0.684. The van der Waals surface area contributed by atoms with E-state index in [2.05, 4.69) is 24.8 Å². The van der Waals surface area contributed by atoms with Crippen molar-refractivity contribution in [2.75, 3.05) is 31.2 Å². The first-order valence-corrected chi connectivity index (χ1v) is 10.8. The van der Waals surface area contributed by atoms with Crippen molar-refractivity contribution in [2.45, 2.75) is 37.6 Å². The predicted molar refractivity (Wildman–Crippen MR) is 112 cm³/mol. The highest BCUT2D eigenvalue weighted by molar-refractivity contribution is 6.33. The summed E-state index contributed by atoms with van der Waals surface area (Å²) in [6.45, 7) is 3.33. The summed E-state index contributed by atoms with van der Waals surface area (Å²) in [5.41, 5.74) is 2.80. The third-order valence-corrected chi connectivity index (χ3v) is 6.33. The summed E-state index contributed by atoms with van der Waals surface area (Å²) < 4.78 is 17.5. The highest BCUT2D eigenvalue weighted by atomic mass is 35.5. The van der Waals surface area contributed by atoms with Crippen molar-refractivity contribution in [3.63, 3.8) is 0 Å². The molecule has 6 rings (SSSR count). The van der Waals surface area contributed by atoms with Crippen LogP contribution in [0.3, 0.4) is 0 Å². The molecule has 0 radical (unpaired) electrons. The molecule has 3 unspecified atom stereocenters. The van der Waals surface area contributed by atoms with Crippen molar-refractivity contribution in [3.8, 4) is 17.3 Å². The first-order valence-electron chi connectivity index (χ1n) is 10.4. The number of nitrogens with zero attached hydrogens (tertiary/aromatic N) is 4. The number of imidazole rings is 1. The lowest BCUT2D eigenvalue weighted by atomic mass is 10.1. The van der Waals surface area contributed by atoms with E-state index in [9.17, 15) is 0 Å². The molecule has 3 aliphatic rings. The molecular weight excluding hydrogens is 406 g/mol. The molecule has 8 nitrogen and oxygen atoms in total. The Kier molecular flexibility index (Phi) is 4.51. The van der Waals surface area contributed by atoms with E-state index < -0.39 is 0 Å². The van der Waals surface area contributed by atoms with Crippen LogP contribution in [0.25, 0.3) is 22.4 Å². The predicted octanol–water partition coefficient (Wildman–Crippen LogP) is 3.21. The molecule has 3 atom stereocenters. The number of hydrogen-bond donors (Lipinski definition) is 1. The van der Waals surface area contributed by atoms with Gasteiger partial charge in [0.25, 0.3) is 6.01 Å². The number of ether oxygens (including phenoxy) is 3. The van der Waals surface area contributed by atoms with Crippen LogP contribution in [0.2, 0.25) is 5.02 Å². The van der Waals surface area contributed by atoms with Gasteiger partial charge >= 0.3 is 0 Å². The fraction of sp³-hybridized carbons (Fsp3) is 0.476. The second-order valence-corrected chi connectivity index (χ2v) is 8.39. The van der Waals surface area contributed by atoms with Gasteiger partial charge in [0.1, 0.15) is 11.9 Å². The fourth-order valence-corrected chi connectivity index (χ4v) is 4.75. The molecule has 3 aromatic heterocycles. The van der Waals surface area contributed by atoms with Gasteiger partial charge in [0.05, 0.1) is 28.9 Å². The number of fused-ring (bicyclic) bond motifs is 2. The zero-order chi connectivity index (χ0) is 20.1. The van der Waals surface area contributed by atoms with Gasteiger partial charge < -0.3 is 24.1 Å². The average molecular weight is 428 g/mol. The Labute approximate surface area is 178 Å². The lowest BCUT2D eigenvalue weighted by molar-refractivity contribution is 0.0273. The Balaban J connectivity index is 1.26. The number of rotatable bonds is 4. The third kappa shape index (κ3) is 3.19. The summed E-state index contributed by atoms with van der Waals surface area (Å²) in [4.78, 5) is 19.2. The van der Waals surface area contributed by atoms with E-state index in [0.717, 1.165) is 36.4 Å². The van der Waals surface area contributed by atoms with E-state index in [1.165, 1.54) is 12.8 Å². The summed E-state index contributed by atoms with van der Waals surface area (Å²) in [5, 5.41) is 0.539. The lowest BCUT2D eigenvalue weighted by Gasteiger charge is -2.16. The topological polar surface area (TPSA) is 85.4 Å². The van der Waals surface area contributed by atoms with Crippen LogP contribution in [0.1, 0.15) is 19.3 Å². The smallest absolute Gasteiger partial charge is 0.296 e. The number of aromatic amines is 1. The number of anilines is 1. The second-order valence-electron chi connectivity index (χ2n) is 7.98. The number of nitrogens with one attached hydrogen (secondary N) is 1. The first kappa shape index (κ1) is 18.4. The molecule has 6 heterocycles. The zero-order valence-electron chi connectivity index (χ0n) is 16.4. The van der Waals surface area contributed by atoms with Crippen LogP contribution in [-0.2, 0) is 9.47 Å². The molecule has 156 valence electrons. The number of halogens is 1. The fourth-order valence-electron chi connectivity index (χ4n) is 4.49. The van der Waals surface area contributed by atoms with E-state index in [4.69, 9.17) is 25.8 Å². The normalized spacial score (nSPS) is 25.9. The monoisotopic (exact) mass is 427 g/mol. The van der Waals surface area contributed by atoms with Crippen molar-refractivity contribution in [1.82, 2.24) is 19.9 Å². The van der Waals surface area contributed by atoms with Gasteiger partial charge in [0, 0.05) is 31.5 Å². The summed E-state index contributed by atoms with van der Waals surface area (Å²) in [7, 11) is 0. The van der Waals surface area contributed by atoms with E-state index >= 15 is 0 Å². The molecule has 1 N–H and O–H groups in total. The van der Waals surface area contributed by atoms with E-state index in [1.807, 2.05) is 24.4 Å². The minimum Gasteiger partial charge on any atom is -0.456 e. The average Bonchev–Trinajstić information content (AvgIpc) is 3.54. The molecular formula is C21H22ClN5O3. The molecule has 3 fully saturated rings. The first-order chi connectivity index (χ1) is 14.7. The van der Waals surface area contributed by atoms with Gasteiger partial charge in [-0.05, 0) is 37.5 Å². The number of H-pyrrole nitrogens is 1. The summed E-state index contributed by atoms with van der Waals surface area (Å²) in [6, 6.07) is 6.27. The van der Waals surface area contributed by atoms with Gasteiger partial charge in [0.2, 0.25) is 0 Å². The zero-order valence-corrected chi connectivity index (χ0v) is 17.1. The van der Waals surface area contributed by atoms with E-state index in [-0.39, 0.29) is 18.3 Å². The van der Waals surface area contributed by atoms with Crippen LogP contribution in [0.5, 0.6) is 6.01 Å². The van der Waals surface area contributed by atoms with Crippen molar-refractivity contribution < 1.29 is 14.2 Å². The minimum atomic E-state index is -0.171. The minimum absolute atomic E-state index is 0.0366. The summed E-state index contributed by atoms with van der Waals surface area (Å²) in [5.74, 6) is 0.995. The molecule has 3 saturated heterocycles. The molecule has 9 heteroatoms. The van der Waals surface area contributed by atoms with Gasteiger partial charge in [-0.2, -0.15) is 4.98 Å². The highest BCUT2D eigenvalue weighted by Gasteiger charge is 2.43. The second kappa shape index (κ2) is 7.37. The van der Waals surface area contributed by atoms with Gasteiger partial charge in [0.15, 0.2) is 11.8 Å².